The Morgan fingerprint density at radius 2 is 2.24 bits per heavy atom. The minimum absolute atomic E-state index is 0.0477. The zero-order chi connectivity index (χ0) is 12.8. The molecular weight excluding hydrogens is 216 g/mol. The van der Waals surface area contributed by atoms with Crippen molar-refractivity contribution in [1.82, 2.24) is 9.80 Å². The largest absolute Gasteiger partial charge is 0.443 e. The highest BCUT2D eigenvalue weighted by atomic mass is 16.6. The van der Waals surface area contributed by atoms with E-state index < -0.39 is 0 Å². The molecule has 0 spiro atoms. The van der Waals surface area contributed by atoms with Crippen molar-refractivity contribution in [1.29, 1.82) is 0 Å². The van der Waals surface area contributed by atoms with Gasteiger partial charge in [-0.05, 0) is 32.4 Å². The first-order valence-corrected chi connectivity index (χ1v) is 6.67. The maximum absolute atomic E-state index is 11.6. The molecule has 0 aromatic heterocycles. The van der Waals surface area contributed by atoms with E-state index in [4.69, 9.17) is 4.74 Å². The van der Waals surface area contributed by atoms with Crippen molar-refractivity contribution in [3.8, 4) is 0 Å². The fraction of sp³-hybridized carbons (Fsp3) is 0.923. The Kier molecular flexibility index (Phi) is 5.75. The molecule has 0 bridgehead atoms. The molecule has 1 saturated heterocycles. The number of rotatable bonds is 7. The molecule has 1 amide bonds. The number of carbonyl (C=O) groups excluding carboxylic acids is 1. The minimum atomic E-state index is -0.136. The first-order chi connectivity index (χ1) is 8.02. The second kappa shape index (κ2) is 6.84. The van der Waals surface area contributed by atoms with Crippen molar-refractivity contribution in [3.63, 3.8) is 0 Å². The number of hydrogen-bond donors (Lipinski definition) is 0. The molecule has 4 heteroatoms. The van der Waals surface area contributed by atoms with Crippen molar-refractivity contribution in [2.24, 2.45) is 5.92 Å². The second-order valence-corrected chi connectivity index (χ2v) is 5.34. The third-order valence-electron chi connectivity index (χ3n) is 3.21. The van der Waals surface area contributed by atoms with Gasteiger partial charge in [0.25, 0.3) is 0 Å². The number of nitrogens with zero attached hydrogens (tertiary/aromatic N) is 2. The highest BCUT2D eigenvalue weighted by molar-refractivity contribution is 5.69. The summed E-state index contributed by atoms with van der Waals surface area (Å²) in [6.07, 6.45) is 2.15. The number of ether oxygens (including phenoxy) is 1. The molecule has 0 aromatic carbocycles. The van der Waals surface area contributed by atoms with E-state index in [-0.39, 0.29) is 12.2 Å². The minimum Gasteiger partial charge on any atom is -0.443 e. The van der Waals surface area contributed by atoms with E-state index in [1.54, 1.807) is 0 Å². The summed E-state index contributed by atoms with van der Waals surface area (Å²) < 4.78 is 5.35. The van der Waals surface area contributed by atoms with Crippen LogP contribution in [0.15, 0.2) is 0 Å². The van der Waals surface area contributed by atoms with Crippen LogP contribution in [0.3, 0.4) is 0 Å². The Labute approximate surface area is 105 Å². The summed E-state index contributed by atoms with van der Waals surface area (Å²) in [6, 6.07) is 0. The van der Waals surface area contributed by atoms with Crippen LogP contribution in [-0.4, -0.2) is 55.2 Å². The average molecular weight is 242 g/mol. The summed E-state index contributed by atoms with van der Waals surface area (Å²) in [5, 5.41) is 0. The number of cyclic esters (lactones) is 1. The topological polar surface area (TPSA) is 32.8 Å². The Hall–Kier alpha value is -0.770. The molecule has 1 atom stereocenters. The van der Waals surface area contributed by atoms with Crippen molar-refractivity contribution < 1.29 is 9.53 Å². The summed E-state index contributed by atoms with van der Waals surface area (Å²) in [4.78, 5) is 15.6. The molecule has 0 N–H and O–H groups in total. The van der Waals surface area contributed by atoms with E-state index in [2.05, 4.69) is 32.7 Å². The van der Waals surface area contributed by atoms with Crippen LogP contribution in [-0.2, 0) is 4.74 Å². The fourth-order valence-corrected chi connectivity index (χ4v) is 2.02. The normalized spacial score (nSPS) is 20.5. The number of amides is 1. The van der Waals surface area contributed by atoms with E-state index >= 15 is 0 Å². The van der Waals surface area contributed by atoms with Crippen LogP contribution in [0.4, 0.5) is 4.79 Å². The number of carbonyl (C=O) groups is 1. The lowest BCUT2D eigenvalue weighted by Gasteiger charge is -2.17. The van der Waals surface area contributed by atoms with Gasteiger partial charge in [-0.2, -0.15) is 0 Å². The average Bonchev–Trinajstić information content (AvgIpc) is 2.58. The van der Waals surface area contributed by atoms with E-state index in [9.17, 15) is 4.79 Å². The summed E-state index contributed by atoms with van der Waals surface area (Å²) in [6.45, 7) is 9.94. The Morgan fingerprint density at radius 3 is 2.82 bits per heavy atom. The van der Waals surface area contributed by atoms with E-state index in [1.165, 1.54) is 6.42 Å². The fourth-order valence-electron chi connectivity index (χ4n) is 2.02. The van der Waals surface area contributed by atoms with Gasteiger partial charge >= 0.3 is 6.09 Å². The third-order valence-corrected chi connectivity index (χ3v) is 3.21. The van der Waals surface area contributed by atoms with Gasteiger partial charge in [-0.15, -0.1) is 0 Å². The van der Waals surface area contributed by atoms with Gasteiger partial charge in [-0.3, -0.25) is 0 Å². The smallest absolute Gasteiger partial charge is 0.410 e. The second-order valence-electron chi connectivity index (χ2n) is 5.34. The lowest BCUT2D eigenvalue weighted by Crippen LogP contribution is -2.32. The van der Waals surface area contributed by atoms with E-state index in [0.717, 1.165) is 32.6 Å². The van der Waals surface area contributed by atoms with Crippen LogP contribution in [0.1, 0.15) is 33.6 Å². The predicted molar refractivity (Wildman–Crippen MR) is 69.1 cm³/mol. The van der Waals surface area contributed by atoms with E-state index in [0.29, 0.717) is 5.92 Å². The van der Waals surface area contributed by atoms with Crippen molar-refractivity contribution >= 4 is 6.09 Å². The zero-order valence-electron chi connectivity index (χ0n) is 11.6. The molecule has 4 nitrogen and oxygen atoms in total. The molecule has 1 aliphatic rings. The summed E-state index contributed by atoms with van der Waals surface area (Å²) in [5.74, 6) is 0.704. The summed E-state index contributed by atoms with van der Waals surface area (Å²) >= 11 is 0. The number of hydrogen-bond acceptors (Lipinski definition) is 3. The standard InChI is InChI=1S/C13H26N2O2/c1-5-14(4)9-12-10-15(13(16)17-12)8-6-7-11(2)3/h11-12H,5-10H2,1-4H3/t12-/m1/s1. The van der Waals surface area contributed by atoms with Crippen LogP contribution in [0.25, 0.3) is 0 Å². The summed E-state index contributed by atoms with van der Waals surface area (Å²) in [5.41, 5.74) is 0. The van der Waals surface area contributed by atoms with Gasteiger partial charge in [-0.1, -0.05) is 20.8 Å². The quantitative estimate of drug-likeness (QED) is 0.686. The van der Waals surface area contributed by atoms with Crippen LogP contribution in [0.5, 0.6) is 0 Å². The molecule has 17 heavy (non-hydrogen) atoms. The van der Waals surface area contributed by atoms with Gasteiger partial charge in [0, 0.05) is 13.1 Å². The third kappa shape index (κ3) is 4.94. The lowest BCUT2D eigenvalue weighted by molar-refractivity contribution is 0.114. The molecule has 1 heterocycles. The highest BCUT2D eigenvalue weighted by Gasteiger charge is 2.31. The van der Waals surface area contributed by atoms with Gasteiger partial charge in [-0.25, -0.2) is 4.79 Å². The molecular formula is C13H26N2O2. The molecule has 0 unspecified atom stereocenters. The summed E-state index contributed by atoms with van der Waals surface area (Å²) in [7, 11) is 2.05. The van der Waals surface area contributed by atoms with Gasteiger partial charge in [0.1, 0.15) is 6.10 Å². The predicted octanol–water partition coefficient (Wildman–Crippen LogP) is 2.20. The first-order valence-electron chi connectivity index (χ1n) is 6.67. The molecule has 1 rings (SSSR count). The van der Waals surface area contributed by atoms with Crippen LogP contribution < -0.4 is 0 Å². The molecule has 1 aliphatic heterocycles. The van der Waals surface area contributed by atoms with Gasteiger partial charge in [0.05, 0.1) is 6.54 Å². The molecule has 100 valence electrons. The van der Waals surface area contributed by atoms with Crippen molar-refractivity contribution in [2.45, 2.75) is 39.7 Å². The van der Waals surface area contributed by atoms with Crippen LogP contribution in [0.2, 0.25) is 0 Å². The van der Waals surface area contributed by atoms with E-state index in [1.807, 2.05) is 4.90 Å². The zero-order valence-corrected chi connectivity index (χ0v) is 11.6. The lowest BCUT2D eigenvalue weighted by atomic mass is 10.1. The molecule has 1 fully saturated rings. The number of likely N-dealkylation sites (N-methyl/N-ethyl adjacent to an activating group) is 1. The Morgan fingerprint density at radius 1 is 1.53 bits per heavy atom. The van der Waals surface area contributed by atoms with Crippen molar-refractivity contribution in [3.05, 3.63) is 0 Å². The van der Waals surface area contributed by atoms with Gasteiger partial charge in [0.15, 0.2) is 0 Å². The first kappa shape index (κ1) is 14.3. The Bertz CT molecular complexity index is 244. The Balaban J connectivity index is 2.26. The van der Waals surface area contributed by atoms with Gasteiger partial charge in [0.2, 0.25) is 0 Å². The molecule has 0 aromatic rings. The SMILES string of the molecule is CCN(C)C[C@@H]1CN(CCCC(C)C)C(=O)O1. The maximum Gasteiger partial charge on any atom is 0.410 e. The van der Waals surface area contributed by atoms with Gasteiger partial charge < -0.3 is 14.5 Å². The van der Waals surface area contributed by atoms with Crippen LogP contribution in [0, 0.1) is 5.92 Å². The maximum atomic E-state index is 11.6. The molecule has 0 aliphatic carbocycles. The molecule has 0 radical (unpaired) electrons. The highest BCUT2D eigenvalue weighted by Crippen LogP contribution is 2.14. The monoisotopic (exact) mass is 242 g/mol. The van der Waals surface area contributed by atoms with Crippen molar-refractivity contribution in [2.75, 3.05) is 33.2 Å². The van der Waals surface area contributed by atoms with Crippen LogP contribution >= 0.6 is 0 Å². The molecule has 0 saturated carbocycles.